The first-order valence-corrected chi connectivity index (χ1v) is 15.0. The highest BCUT2D eigenvalue weighted by Gasteiger charge is 2.44. The maximum Gasteiger partial charge on any atom is 0.251 e. The number of carbonyl (C=O) groups is 4. The van der Waals surface area contributed by atoms with Crippen LogP contribution in [0.15, 0.2) is 42.5 Å². The second-order valence-electron chi connectivity index (χ2n) is 10.3. The van der Waals surface area contributed by atoms with Gasteiger partial charge in [0.05, 0.1) is 25.3 Å². The Morgan fingerprint density at radius 1 is 1.03 bits per heavy atom. The van der Waals surface area contributed by atoms with Gasteiger partial charge in [-0.2, -0.15) is 0 Å². The Morgan fingerprint density at radius 2 is 1.74 bits per heavy atom. The lowest BCUT2D eigenvalue weighted by atomic mass is 9.98. The molecule has 2 fully saturated rings. The minimum absolute atomic E-state index is 0.158. The predicted octanol–water partition coefficient (Wildman–Crippen LogP) is 0.815. The van der Waals surface area contributed by atoms with E-state index in [0.717, 1.165) is 36.3 Å². The van der Waals surface area contributed by atoms with Crippen molar-refractivity contribution in [2.24, 2.45) is 0 Å². The summed E-state index contributed by atoms with van der Waals surface area (Å²) >= 11 is 0. The average Bonchev–Trinajstić information content (AvgIpc) is 3.30. The zero-order chi connectivity index (χ0) is 28.2. The van der Waals surface area contributed by atoms with E-state index in [9.17, 15) is 32.7 Å². The quantitative estimate of drug-likeness (QED) is 0.373. The molecule has 4 N–H and O–H groups in total. The molecule has 2 aliphatic rings. The number of amides is 4. The van der Waals surface area contributed by atoms with E-state index in [2.05, 4.69) is 10.6 Å². The van der Waals surface area contributed by atoms with Gasteiger partial charge in [-0.15, -0.1) is 0 Å². The lowest BCUT2D eigenvalue weighted by Gasteiger charge is -2.35. The summed E-state index contributed by atoms with van der Waals surface area (Å²) in [5.74, 6) is -2.09. The van der Waals surface area contributed by atoms with Gasteiger partial charge < -0.3 is 20.6 Å². The minimum atomic E-state index is -3.78. The Kier molecular flexibility index (Phi) is 8.86. The lowest BCUT2D eigenvalue weighted by molar-refractivity contribution is -0.143. The number of aliphatic hydroxyl groups excluding tert-OH is 1. The first kappa shape index (κ1) is 28.5. The molecule has 0 unspecified atom stereocenters. The highest BCUT2D eigenvalue weighted by molar-refractivity contribution is 7.89. The third-order valence-corrected chi connectivity index (χ3v) is 7.85. The highest BCUT2D eigenvalue weighted by Crippen LogP contribution is 2.31. The summed E-state index contributed by atoms with van der Waals surface area (Å²) in [6, 6.07) is 10.2. The number of nitrogens with one attached hydrogen (secondary N) is 3. The summed E-state index contributed by atoms with van der Waals surface area (Å²) in [4.78, 5) is 53.6. The summed E-state index contributed by atoms with van der Waals surface area (Å²) in [6.45, 7) is -0.586. The van der Waals surface area contributed by atoms with E-state index in [0.29, 0.717) is 24.8 Å². The van der Waals surface area contributed by atoms with Crippen LogP contribution >= 0.6 is 0 Å². The first-order chi connectivity index (χ1) is 18.6. The number of fused-ring (bicyclic) bond motifs is 2. The van der Waals surface area contributed by atoms with Gasteiger partial charge in [-0.25, -0.2) is 8.42 Å². The molecule has 0 radical (unpaired) electrons. The second kappa shape index (κ2) is 12.1. The van der Waals surface area contributed by atoms with E-state index in [4.69, 9.17) is 0 Å². The summed E-state index contributed by atoms with van der Waals surface area (Å²) in [7, 11) is -3.78. The van der Waals surface area contributed by atoms with E-state index in [1.165, 1.54) is 0 Å². The number of carbonyl (C=O) groups excluding carboxylic acids is 4. The van der Waals surface area contributed by atoms with E-state index >= 15 is 0 Å². The van der Waals surface area contributed by atoms with Crippen LogP contribution in [0.4, 0.5) is 0 Å². The maximum absolute atomic E-state index is 13.7. The fourth-order valence-corrected chi connectivity index (χ4v) is 5.92. The van der Waals surface area contributed by atoms with Crippen molar-refractivity contribution in [3.63, 3.8) is 0 Å². The van der Waals surface area contributed by atoms with Gasteiger partial charge in [0.2, 0.25) is 27.7 Å². The van der Waals surface area contributed by atoms with Gasteiger partial charge in [0.25, 0.3) is 5.91 Å². The molecule has 4 rings (SSSR count). The van der Waals surface area contributed by atoms with Crippen LogP contribution in [0.1, 0.15) is 55.3 Å². The van der Waals surface area contributed by atoms with Crippen molar-refractivity contribution in [1.82, 2.24) is 20.3 Å². The SMILES string of the molecule is CS(=O)(=O)NC(=O)C[C@@H](CO)NC(=O)[C@@H]1CC[C@@H]2CCCC[C@H](NC(=O)c3ccc4ccccc4c3)C(=O)N21. The molecule has 4 amide bonds. The Bertz CT molecular complexity index is 1360. The third kappa shape index (κ3) is 7.12. The Balaban J connectivity index is 1.46. The van der Waals surface area contributed by atoms with E-state index in [-0.39, 0.29) is 17.9 Å². The molecule has 11 nitrogen and oxygen atoms in total. The molecule has 0 spiro atoms. The fraction of sp³-hybridized carbons (Fsp3) is 0.481. The van der Waals surface area contributed by atoms with Gasteiger partial charge in [0.15, 0.2) is 0 Å². The molecule has 2 aliphatic heterocycles. The Hall–Kier alpha value is -3.51. The minimum Gasteiger partial charge on any atom is -0.394 e. The number of sulfonamides is 1. The third-order valence-electron chi connectivity index (χ3n) is 7.25. The van der Waals surface area contributed by atoms with Crippen LogP contribution in [-0.4, -0.2) is 79.1 Å². The molecule has 0 aromatic heterocycles. The second-order valence-corrected chi connectivity index (χ2v) is 12.0. The molecule has 4 atom stereocenters. The molecule has 12 heteroatoms. The summed E-state index contributed by atoms with van der Waals surface area (Å²) in [5.41, 5.74) is 0.439. The van der Waals surface area contributed by atoms with E-state index in [1.807, 2.05) is 35.1 Å². The summed E-state index contributed by atoms with van der Waals surface area (Å²) in [6.07, 6.45) is 4.20. The van der Waals surface area contributed by atoms with Crippen molar-refractivity contribution in [3.8, 4) is 0 Å². The number of hydrogen-bond acceptors (Lipinski definition) is 7. The van der Waals surface area contributed by atoms with Crippen LogP contribution in [-0.2, 0) is 24.4 Å². The van der Waals surface area contributed by atoms with Crippen LogP contribution in [0.25, 0.3) is 10.8 Å². The van der Waals surface area contributed by atoms with Gasteiger partial charge in [0, 0.05) is 11.6 Å². The van der Waals surface area contributed by atoms with Crippen molar-refractivity contribution in [2.45, 2.75) is 69.1 Å². The monoisotopic (exact) mass is 558 g/mol. The average molecular weight is 559 g/mol. The van der Waals surface area contributed by atoms with E-state index < -0.39 is 53.0 Å². The van der Waals surface area contributed by atoms with Crippen LogP contribution in [0.2, 0.25) is 0 Å². The van der Waals surface area contributed by atoms with E-state index in [1.54, 1.807) is 17.0 Å². The predicted molar refractivity (Wildman–Crippen MR) is 144 cm³/mol. The van der Waals surface area contributed by atoms with Crippen LogP contribution < -0.4 is 15.4 Å². The summed E-state index contributed by atoms with van der Waals surface area (Å²) in [5, 5.41) is 17.1. The van der Waals surface area contributed by atoms with Gasteiger partial charge in [-0.05, 0) is 48.6 Å². The molecule has 2 heterocycles. The number of aliphatic hydroxyl groups is 1. The van der Waals surface area contributed by atoms with Gasteiger partial charge in [-0.3, -0.25) is 23.9 Å². The van der Waals surface area contributed by atoms with Crippen LogP contribution in [0.3, 0.4) is 0 Å². The molecule has 210 valence electrons. The van der Waals surface area contributed by atoms with Crippen molar-refractivity contribution in [3.05, 3.63) is 48.0 Å². The van der Waals surface area contributed by atoms with Gasteiger partial charge in [0.1, 0.15) is 12.1 Å². The molecule has 0 aliphatic carbocycles. The Morgan fingerprint density at radius 3 is 2.46 bits per heavy atom. The smallest absolute Gasteiger partial charge is 0.251 e. The van der Waals surface area contributed by atoms with Crippen molar-refractivity contribution >= 4 is 44.4 Å². The number of rotatable bonds is 8. The van der Waals surface area contributed by atoms with Gasteiger partial charge in [-0.1, -0.05) is 43.2 Å². The fourth-order valence-electron chi connectivity index (χ4n) is 5.43. The first-order valence-electron chi connectivity index (χ1n) is 13.1. The van der Waals surface area contributed by atoms with Crippen LogP contribution in [0, 0.1) is 0 Å². The van der Waals surface area contributed by atoms with Crippen molar-refractivity contribution in [1.29, 1.82) is 0 Å². The zero-order valence-electron chi connectivity index (χ0n) is 21.8. The zero-order valence-corrected chi connectivity index (χ0v) is 22.6. The Labute approximate surface area is 227 Å². The largest absolute Gasteiger partial charge is 0.394 e. The molecule has 2 aromatic rings. The highest BCUT2D eigenvalue weighted by atomic mass is 32.2. The molecule has 2 aromatic carbocycles. The molecule has 2 saturated heterocycles. The summed E-state index contributed by atoms with van der Waals surface area (Å²) < 4.78 is 24.4. The number of hydrogen-bond donors (Lipinski definition) is 4. The van der Waals surface area contributed by atoms with Gasteiger partial charge >= 0.3 is 0 Å². The molecular weight excluding hydrogens is 524 g/mol. The lowest BCUT2D eigenvalue weighted by Crippen LogP contribution is -2.57. The molecule has 0 bridgehead atoms. The molecule has 0 saturated carbocycles. The van der Waals surface area contributed by atoms with Crippen molar-refractivity contribution < 1.29 is 32.7 Å². The molecular formula is C27H34N4O7S. The normalized spacial score (nSPS) is 22.4. The standard InChI is InChI=1S/C27H34N4O7S/c1-39(37,38)30-24(33)15-20(16-32)28-26(35)23-13-12-21-8-4-5-9-22(27(36)31(21)23)29-25(34)19-11-10-17-6-2-3-7-18(17)14-19/h2-3,6-7,10-11,14,20-23,32H,4-5,8-9,12-13,15-16H2,1H3,(H,28,35)(H,29,34)(H,30,33)/t20-,21-,22-,23-/m0/s1. The van der Waals surface area contributed by atoms with Crippen LogP contribution in [0.5, 0.6) is 0 Å². The molecule has 39 heavy (non-hydrogen) atoms. The number of nitrogens with zero attached hydrogens (tertiary/aromatic N) is 1. The number of benzene rings is 2. The maximum atomic E-state index is 13.7. The topological polar surface area (TPSA) is 162 Å². The van der Waals surface area contributed by atoms with Crippen molar-refractivity contribution in [2.75, 3.05) is 12.9 Å².